The van der Waals surface area contributed by atoms with Crippen molar-refractivity contribution in [3.63, 3.8) is 0 Å². The van der Waals surface area contributed by atoms with Gasteiger partial charge in [0.15, 0.2) is 11.4 Å². The molecule has 1 fully saturated rings. The lowest BCUT2D eigenvalue weighted by Gasteiger charge is -2.51. The number of primary amides is 1. The molecule has 0 bridgehead atoms. The molecule has 5 rings (SSSR count). The number of ketones is 2. The Labute approximate surface area is 199 Å². The average Bonchev–Trinajstić information content (AvgIpc) is 2.74. The Morgan fingerprint density at radius 3 is 2.43 bits per heavy atom. The number of hydrogen-bond donors (Lipinski definition) is 5. The van der Waals surface area contributed by atoms with Crippen LogP contribution in [0.3, 0.4) is 0 Å². The van der Waals surface area contributed by atoms with Crippen molar-refractivity contribution in [3.8, 4) is 5.75 Å². The van der Waals surface area contributed by atoms with Gasteiger partial charge in [0.05, 0.1) is 11.5 Å². The molecule has 0 spiro atoms. The van der Waals surface area contributed by atoms with Crippen LogP contribution in [0.25, 0.3) is 0 Å². The van der Waals surface area contributed by atoms with Crippen molar-refractivity contribution in [1.82, 2.24) is 0 Å². The summed E-state index contributed by atoms with van der Waals surface area (Å²) in [5.74, 6) is -9.45. The number of aliphatic hydroxyl groups excluding tert-OH is 2. The fourth-order valence-electron chi connectivity index (χ4n) is 5.95. The van der Waals surface area contributed by atoms with E-state index in [4.69, 9.17) is 10.5 Å². The summed E-state index contributed by atoms with van der Waals surface area (Å²) >= 11 is 0. The largest absolute Gasteiger partial charge is 0.511 e. The van der Waals surface area contributed by atoms with Crippen LogP contribution >= 0.6 is 0 Å². The van der Waals surface area contributed by atoms with E-state index in [-0.39, 0.29) is 22.8 Å². The molecule has 1 aromatic rings. The molecule has 4 aliphatic carbocycles. The van der Waals surface area contributed by atoms with Crippen molar-refractivity contribution >= 4 is 23.4 Å². The summed E-state index contributed by atoms with van der Waals surface area (Å²) in [6, 6.07) is 4.48. The van der Waals surface area contributed by atoms with Gasteiger partial charge >= 0.3 is 5.97 Å². The highest BCUT2D eigenvalue weighted by Gasteiger charge is 2.65. The number of phenolic OH excluding ortho intramolecular Hbond substituents is 1. The van der Waals surface area contributed by atoms with Crippen molar-refractivity contribution in [2.24, 2.45) is 23.5 Å². The lowest BCUT2D eigenvalue weighted by Crippen LogP contribution is -2.63. The number of esters is 1. The third-order valence-corrected chi connectivity index (χ3v) is 8.02. The van der Waals surface area contributed by atoms with E-state index < -0.39 is 76.4 Å². The summed E-state index contributed by atoms with van der Waals surface area (Å²) in [6.07, 6.45) is 0.276. The highest BCUT2D eigenvalue weighted by atomic mass is 16.5. The maximum Gasteiger partial charge on any atom is 0.309 e. The average molecular weight is 483 g/mol. The Morgan fingerprint density at radius 1 is 1.14 bits per heavy atom. The monoisotopic (exact) mass is 483 g/mol. The van der Waals surface area contributed by atoms with Gasteiger partial charge in [0.25, 0.3) is 5.91 Å². The number of hydrogen-bond acceptors (Lipinski definition) is 9. The molecule has 0 aliphatic heterocycles. The summed E-state index contributed by atoms with van der Waals surface area (Å²) < 4.78 is 5.84. The normalized spacial score (nSPS) is 32.4. The Hall–Kier alpha value is -3.66. The van der Waals surface area contributed by atoms with E-state index in [1.807, 2.05) is 0 Å². The van der Waals surface area contributed by atoms with Gasteiger partial charge in [-0.25, -0.2) is 0 Å². The molecule has 1 amide bonds. The van der Waals surface area contributed by atoms with Crippen LogP contribution in [-0.4, -0.2) is 55.6 Å². The molecule has 0 unspecified atom stereocenters. The van der Waals surface area contributed by atoms with Gasteiger partial charge in [-0.2, -0.15) is 0 Å². The molecule has 4 aliphatic rings. The number of nitrogens with two attached hydrogens (primary N) is 1. The summed E-state index contributed by atoms with van der Waals surface area (Å²) in [5, 5.41) is 43.7. The molecule has 0 heterocycles. The van der Waals surface area contributed by atoms with Crippen molar-refractivity contribution in [2.75, 3.05) is 0 Å². The number of phenols is 1. The molecule has 1 saturated carbocycles. The maximum absolute atomic E-state index is 13.6. The van der Waals surface area contributed by atoms with E-state index in [2.05, 4.69) is 0 Å². The van der Waals surface area contributed by atoms with Gasteiger partial charge < -0.3 is 30.9 Å². The zero-order chi connectivity index (χ0) is 25.4. The number of aliphatic hydroxyl groups is 3. The van der Waals surface area contributed by atoms with Crippen LogP contribution in [0.15, 0.2) is 40.9 Å². The van der Waals surface area contributed by atoms with Gasteiger partial charge in [0.1, 0.15) is 28.9 Å². The predicted molar refractivity (Wildman–Crippen MR) is 118 cm³/mol. The second kappa shape index (κ2) is 7.67. The minimum absolute atomic E-state index is 0.0966. The molecule has 5 atom stereocenters. The first-order valence-electron chi connectivity index (χ1n) is 11.5. The Bertz CT molecular complexity index is 1260. The molecule has 1 aromatic carbocycles. The quantitative estimate of drug-likeness (QED) is 0.314. The molecule has 0 aromatic heterocycles. The van der Waals surface area contributed by atoms with Crippen LogP contribution in [0.2, 0.25) is 0 Å². The summed E-state index contributed by atoms with van der Waals surface area (Å²) in [4.78, 5) is 51.7. The first-order valence-corrected chi connectivity index (χ1v) is 11.5. The van der Waals surface area contributed by atoms with Gasteiger partial charge in [-0.1, -0.05) is 25.5 Å². The van der Waals surface area contributed by atoms with E-state index in [1.165, 1.54) is 6.07 Å². The van der Waals surface area contributed by atoms with Crippen LogP contribution < -0.4 is 5.73 Å². The predicted octanol–water partition coefficient (Wildman–Crippen LogP) is 1.46. The number of rotatable bonds is 3. The fraction of sp³-hybridized carbons (Fsp3) is 0.440. The molecular weight excluding hydrogens is 458 g/mol. The van der Waals surface area contributed by atoms with Crippen LogP contribution in [0.5, 0.6) is 5.75 Å². The molecule has 10 nitrogen and oxygen atoms in total. The van der Waals surface area contributed by atoms with Crippen molar-refractivity contribution in [1.29, 1.82) is 0 Å². The van der Waals surface area contributed by atoms with Gasteiger partial charge in [-0.3, -0.25) is 19.2 Å². The van der Waals surface area contributed by atoms with E-state index in [0.29, 0.717) is 18.4 Å². The number of carbonyl (C=O) groups excluding carboxylic acids is 4. The molecule has 184 valence electrons. The topological polar surface area (TPSA) is 184 Å². The third kappa shape index (κ3) is 2.99. The Balaban J connectivity index is 1.74. The number of fused-ring (bicyclic) bond motifs is 3. The Morgan fingerprint density at radius 2 is 1.83 bits per heavy atom. The van der Waals surface area contributed by atoms with Crippen molar-refractivity contribution in [2.45, 2.75) is 50.2 Å². The number of allylic oxidation sites excluding steroid dienone is 1. The lowest BCUT2D eigenvalue weighted by atomic mass is 9.56. The molecular formula is C25H25NO9. The molecule has 6 N–H and O–H groups in total. The van der Waals surface area contributed by atoms with E-state index >= 15 is 0 Å². The molecule has 35 heavy (non-hydrogen) atoms. The first kappa shape index (κ1) is 23.1. The second-order valence-electron chi connectivity index (χ2n) is 9.77. The lowest BCUT2D eigenvalue weighted by molar-refractivity contribution is -0.179. The summed E-state index contributed by atoms with van der Waals surface area (Å²) in [7, 11) is 0. The van der Waals surface area contributed by atoms with Gasteiger partial charge in [0.2, 0.25) is 5.78 Å². The fourth-order valence-corrected chi connectivity index (χ4v) is 5.95. The SMILES string of the molecule is C[C@H]1c2cccc(O)c2C(=O)C2=C(O)[C@]3(O)C(=O)C(C(N)=O)=C(O)C[C@@H]3[C@@H](OC(=O)C3CCC3)[C@@H]21. The van der Waals surface area contributed by atoms with E-state index in [9.17, 15) is 39.6 Å². The minimum Gasteiger partial charge on any atom is -0.511 e. The smallest absolute Gasteiger partial charge is 0.309 e. The molecule has 0 saturated heterocycles. The number of Topliss-reactive ketones (excluding diaryl/α,β-unsaturated/α-hetero) is 2. The summed E-state index contributed by atoms with van der Waals surface area (Å²) in [5.41, 5.74) is 1.49. The highest BCUT2D eigenvalue weighted by Crippen LogP contribution is 2.56. The molecule has 0 radical (unpaired) electrons. The minimum atomic E-state index is -2.84. The zero-order valence-corrected chi connectivity index (χ0v) is 18.9. The van der Waals surface area contributed by atoms with Gasteiger partial charge in [0, 0.05) is 23.8 Å². The zero-order valence-electron chi connectivity index (χ0n) is 18.9. The van der Waals surface area contributed by atoms with Gasteiger partial charge in [-0.05, 0) is 30.4 Å². The van der Waals surface area contributed by atoms with Gasteiger partial charge in [-0.15, -0.1) is 0 Å². The maximum atomic E-state index is 13.6. The van der Waals surface area contributed by atoms with Crippen LogP contribution in [0, 0.1) is 17.8 Å². The van der Waals surface area contributed by atoms with Crippen LogP contribution in [0.4, 0.5) is 0 Å². The van der Waals surface area contributed by atoms with Crippen molar-refractivity contribution < 1.29 is 44.3 Å². The van der Waals surface area contributed by atoms with Crippen LogP contribution in [0.1, 0.15) is 54.4 Å². The van der Waals surface area contributed by atoms with Crippen molar-refractivity contribution in [3.05, 3.63) is 52.0 Å². The number of carbonyl (C=O) groups is 4. The number of aromatic hydroxyl groups is 1. The number of amides is 1. The number of ether oxygens (including phenoxy) is 1. The molecule has 10 heteroatoms. The van der Waals surface area contributed by atoms with E-state index in [1.54, 1.807) is 19.1 Å². The third-order valence-electron chi connectivity index (χ3n) is 8.02. The second-order valence-corrected chi connectivity index (χ2v) is 9.77. The Kier molecular flexibility index (Phi) is 5.06. The van der Waals surface area contributed by atoms with E-state index in [0.717, 1.165) is 6.42 Å². The first-order chi connectivity index (χ1) is 16.5. The summed E-state index contributed by atoms with van der Waals surface area (Å²) in [6.45, 7) is 1.71. The number of benzene rings is 1. The highest BCUT2D eigenvalue weighted by molar-refractivity contribution is 6.24. The standard InChI is InChI=1S/C25H25NO9/c1-9-11-6-3-7-13(27)16(11)19(29)18-15(9)20(35-24(33)10-4-2-5-10)12-8-14(28)17(23(26)32)21(30)25(12,34)22(18)31/h3,6-7,9-10,12,15,20,27-28,31,34H,2,4-5,8H2,1H3,(H2,26,32)/t9-,12+,15+,20+,25+/m0/s1. The van der Waals surface area contributed by atoms with Crippen LogP contribution in [-0.2, 0) is 19.1 Å².